The molecule has 0 atom stereocenters. The average Bonchev–Trinajstić information content (AvgIpc) is 2.61. The molecule has 28 heavy (non-hydrogen) atoms. The van der Waals surface area contributed by atoms with Crippen molar-refractivity contribution in [1.29, 1.82) is 0 Å². The van der Waals surface area contributed by atoms with Gasteiger partial charge in [0.15, 0.2) is 0 Å². The van der Waals surface area contributed by atoms with Crippen LogP contribution in [0.25, 0.3) is 0 Å². The monoisotopic (exact) mass is 488 g/mol. The number of nitrogens with zero attached hydrogens (tertiary/aromatic N) is 3. The van der Waals surface area contributed by atoms with Crippen molar-refractivity contribution in [3.8, 4) is 0 Å². The number of hydrogen-bond acceptors (Lipinski definition) is 6. The summed E-state index contributed by atoms with van der Waals surface area (Å²) >= 11 is 9.19. The van der Waals surface area contributed by atoms with Crippen molar-refractivity contribution in [3.63, 3.8) is 0 Å². The Kier molecular flexibility index (Phi) is 7.11. The third-order valence-electron chi connectivity index (χ3n) is 3.39. The van der Waals surface area contributed by atoms with E-state index < -0.39 is 27.4 Å². The Morgan fingerprint density at radius 2 is 2.04 bits per heavy atom. The molecule has 0 bridgehead atoms. The minimum Gasteiger partial charge on any atom is -0.271 e. The second kappa shape index (κ2) is 9.13. The maximum absolute atomic E-state index is 12.1. The standard InChI is InChI=1S/C16H14BrClN4O5S/c1-28(26,27)21(15-5-3-2-4-13(15)17)10-16(23)20-19-9-11-8-12(22(24)25)6-7-14(11)18/h2-9H,10H2,1H3,(H,20,23). The number of anilines is 1. The van der Waals surface area contributed by atoms with Crippen LogP contribution >= 0.6 is 27.5 Å². The minimum absolute atomic E-state index is 0.186. The van der Waals surface area contributed by atoms with Gasteiger partial charge in [-0.15, -0.1) is 0 Å². The summed E-state index contributed by atoms with van der Waals surface area (Å²) in [5.74, 6) is -0.709. The largest absolute Gasteiger partial charge is 0.271 e. The van der Waals surface area contributed by atoms with Gasteiger partial charge < -0.3 is 0 Å². The fraction of sp³-hybridized carbons (Fsp3) is 0.125. The van der Waals surface area contributed by atoms with Crippen molar-refractivity contribution < 1.29 is 18.1 Å². The van der Waals surface area contributed by atoms with E-state index in [9.17, 15) is 23.3 Å². The Morgan fingerprint density at radius 1 is 1.36 bits per heavy atom. The highest BCUT2D eigenvalue weighted by Crippen LogP contribution is 2.27. The lowest BCUT2D eigenvalue weighted by atomic mass is 10.2. The van der Waals surface area contributed by atoms with Gasteiger partial charge in [0.1, 0.15) is 6.54 Å². The highest BCUT2D eigenvalue weighted by molar-refractivity contribution is 9.10. The van der Waals surface area contributed by atoms with Crippen LogP contribution in [0.5, 0.6) is 0 Å². The highest BCUT2D eigenvalue weighted by atomic mass is 79.9. The fourth-order valence-corrected chi connectivity index (χ4v) is 3.77. The zero-order valence-electron chi connectivity index (χ0n) is 14.4. The first-order valence-electron chi connectivity index (χ1n) is 7.57. The molecule has 9 nitrogen and oxygen atoms in total. The van der Waals surface area contributed by atoms with Crippen molar-refractivity contribution in [2.24, 2.45) is 5.10 Å². The number of nitro benzene ring substituents is 1. The lowest BCUT2D eigenvalue weighted by Crippen LogP contribution is -2.39. The van der Waals surface area contributed by atoms with Crippen LogP contribution in [0.2, 0.25) is 5.02 Å². The fourth-order valence-electron chi connectivity index (χ4n) is 2.12. The average molecular weight is 490 g/mol. The smallest absolute Gasteiger partial charge is 0.270 e. The Balaban J connectivity index is 2.14. The van der Waals surface area contributed by atoms with Crippen molar-refractivity contribution >= 4 is 61.1 Å². The van der Waals surface area contributed by atoms with Gasteiger partial charge in [0.05, 0.1) is 23.1 Å². The molecule has 0 heterocycles. The number of nitro groups is 1. The van der Waals surface area contributed by atoms with Crippen LogP contribution in [0.3, 0.4) is 0 Å². The molecule has 0 saturated heterocycles. The van der Waals surface area contributed by atoms with Crippen LogP contribution in [0, 0.1) is 10.1 Å². The number of benzene rings is 2. The van der Waals surface area contributed by atoms with Crippen LogP contribution in [-0.2, 0) is 14.8 Å². The van der Waals surface area contributed by atoms with Crippen molar-refractivity contribution in [1.82, 2.24) is 5.43 Å². The van der Waals surface area contributed by atoms with E-state index in [1.54, 1.807) is 24.3 Å². The molecule has 0 aromatic heterocycles. The number of carbonyl (C=O) groups excluding carboxylic acids is 1. The zero-order valence-corrected chi connectivity index (χ0v) is 17.5. The third-order valence-corrected chi connectivity index (χ3v) is 5.53. The van der Waals surface area contributed by atoms with Gasteiger partial charge in [-0.25, -0.2) is 13.8 Å². The molecule has 2 aromatic carbocycles. The summed E-state index contributed by atoms with van der Waals surface area (Å²) in [5, 5.41) is 14.7. The summed E-state index contributed by atoms with van der Waals surface area (Å²) in [7, 11) is -3.74. The summed E-state index contributed by atoms with van der Waals surface area (Å²) in [5.41, 5.74) is 2.51. The molecule has 148 valence electrons. The molecule has 12 heteroatoms. The number of hydrazone groups is 1. The highest BCUT2D eigenvalue weighted by Gasteiger charge is 2.22. The number of non-ortho nitro benzene ring substituents is 1. The SMILES string of the molecule is CS(=O)(=O)N(CC(=O)NN=Cc1cc([N+](=O)[O-])ccc1Cl)c1ccccc1Br. The van der Waals surface area contributed by atoms with Crippen molar-refractivity contribution in [2.75, 3.05) is 17.1 Å². The molecule has 2 rings (SSSR count). The Bertz CT molecular complexity index is 1050. The molecular formula is C16H14BrClN4O5S. The van der Waals surface area contributed by atoms with Gasteiger partial charge >= 0.3 is 0 Å². The van der Waals surface area contributed by atoms with Gasteiger partial charge in [0, 0.05) is 27.2 Å². The Hall–Kier alpha value is -2.50. The second-order valence-corrected chi connectivity index (χ2v) is 8.65. The molecular weight excluding hydrogens is 476 g/mol. The number of para-hydroxylation sites is 1. The topological polar surface area (TPSA) is 122 Å². The zero-order chi connectivity index (χ0) is 20.9. The van der Waals surface area contributed by atoms with Gasteiger partial charge in [-0.05, 0) is 34.1 Å². The molecule has 0 aliphatic heterocycles. The maximum Gasteiger partial charge on any atom is 0.270 e. The number of amides is 1. The normalized spacial score (nSPS) is 11.4. The number of nitrogens with one attached hydrogen (secondary N) is 1. The molecule has 0 aliphatic carbocycles. The minimum atomic E-state index is -3.74. The van der Waals surface area contributed by atoms with Crippen molar-refractivity contribution in [2.45, 2.75) is 0 Å². The van der Waals surface area contributed by atoms with E-state index >= 15 is 0 Å². The summed E-state index contributed by atoms with van der Waals surface area (Å²) < 4.78 is 25.6. The molecule has 2 aromatic rings. The van der Waals surface area contributed by atoms with Crippen LogP contribution in [0.4, 0.5) is 11.4 Å². The number of halogens is 2. The maximum atomic E-state index is 12.1. The second-order valence-electron chi connectivity index (χ2n) is 5.48. The molecule has 0 spiro atoms. The van der Waals surface area contributed by atoms with E-state index in [1.165, 1.54) is 18.2 Å². The first-order chi connectivity index (χ1) is 13.1. The van der Waals surface area contributed by atoms with E-state index in [1.807, 2.05) is 0 Å². The third kappa shape index (κ3) is 5.75. The van der Waals surface area contributed by atoms with Crippen LogP contribution in [0.1, 0.15) is 5.56 Å². The van der Waals surface area contributed by atoms with Gasteiger partial charge in [-0.1, -0.05) is 23.7 Å². The number of rotatable bonds is 7. The van der Waals surface area contributed by atoms with E-state index in [0.29, 0.717) is 10.2 Å². The summed E-state index contributed by atoms with van der Waals surface area (Å²) in [6.45, 7) is -0.512. The predicted octanol–water partition coefficient (Wildman–Crippen LogP) is 2.93. The van der Waals surface area contributed by atoms with Crippen LogP contribution < -0.4 is 9.73 Å². The van der Waals surface area contributed by atoms with Gasteiger partial charge in [-0.2, -0.15) is 5.10 Å². The van der Waals surface area contributed by atoms with Crippen LogP contribution in [0.15, 0.2) is 52.0 Å². The lowest BCUT2D eigenvalue weighted by Gasteiger charge is -2.22. The lowest BCUT2D eigenvalue weighted by molar-refractivity contribution is -0.384. The molecule has 0 saturated carbocycles. The summed E-state index contributed by atoms with van der Waals surface area (Å²) in [6.07, 6.45) is 2.11. The molecule has 0 aliphatic rings. The number of hydrogen-bond donors (Lipinski definition) is 1. The van der Waals surface area contributed by atoms with Crippen molar-refractivity contribution in [3.05, 3.63) is 67.6 Å². The molecule has 0 radical (unpaired) electrons. The number of sulfonamides is 1. The van der Waals surface area contributed by atoms with E-state index in [0.717, 1.165) is 16.8 Å². The van der Waals surface area contributed by atoms with E-state index in [2.05, 4.69) is 26.5 Å². The molecule has 0 fully saturated rings. The Labute approximate surface area is 174 Å². The van der Waals surface area contributed by atoms with Crippen LogP contribution in [-0.4, -0.2) is 38.3 Å². The first kappa shape index (κ1) is 21.8. The quantitative estimate of drug-likeness (QED) is 0.364. The first-order valence-corrected chi connectivity index (χ1v) is 10.6. The molecule has 1 amide bonds. The Morgan fingerprint density at radius 3 is 2.64 bits per heavy atom. The molecule has 0 unspecified atom stereocenters. The van der Waals surface area contributed by atoms with Gasteiger partial charge in [0.2, 0.25) is 10.0 Å². The summed E-state index contributed by atoms with van der Waals surface area (Å²) in [4.78, 5) is 22.4. The van der Waals surface area contributed by atoms with E-state index in [4.69, 9.17) is 11.6 Å². The molecule has 1 N–H and O–H groups in total. The van der Waals surface area contributed by atoms with E-state index in [-0.39, 0.29) is 16.3 Å². The summed E-state index contributed by atoms with van der Waals surface area (Å²) in [6, 6.07) is 10.3. The number of carbonyl (C=O) groups is 1. The van der Waals surface area contributed by atoms with Gasteiger partial charge in [-0.3, -0.25) is 19.2 Å². The van der Waals surface area contributed by atoms with Gasteiger partial charge in [0.25, 0.3) is 11.6 Å². The predicted molar refractivity (Wildman–Crippen MR) is 110 cm³/mol.